The van der Waals surface area contributed by atoms with Gasteiger partial charge in [0.05, 0.1) is 0 Å². The van der Waals surface area contributed by atoms with E-state index in [1.807, 2.05) is 4.68 Å². The van der Waals surface area contributed by atoms with Gasteiger partial charge in [-0.15, -0.1) is 0 Å². The molecule has 18 heavy (non-hydrogen) atoms. The molecule has 102 valence electrons. The number of hydrogen-bond acceptors (Lipinski definition) is 3. The molecule has 4 heteroatoms. The Morgan fingerprint density at radius 3 is 2.94 bits per heavy atom. The van der Waals surface area contributed by atoms with Crippen LogP contribution in [0.25, 0.3) is 0 Å². The molecule has 2 unspecified atom stereocenters. The Morgan fingerprint density at radius 1 is 1.39 bits per heavy atom. The third kappa shape index (κ3) is 3.10. The highest BCUT2D eigenvalue weighted by Gasteiger charge is 2.30. The van der Waals surface area contributed by atoms with Crippen LogP contribution in [0, 0.1) is 5.92 Å². The zero-order chi connectivity index (χ0) is 13.0. The van der Waals surface area contributed by atoms with Crippen molar-refractivity contribution in [2.75, 3.05) is 0 Å². The van der Waals surface area contributed by atoms with Crippen LogP contribution in [0.4, 0.5) is 0 Å². The van der Waals surface area contributed by atoms with E-state index in [9.17, 15) is 0 Å². The van der Waals surface area contributed by atoms with Crippen LogP contribution in [0.3, 0.4) is 0 Å². The Morgan fingerprint density at radius 2 is 2.22 bits per heavy atom. The van der Waals surface area contributed by atoms with Crippen LogP contribution in [0.5, 0.6) is 0 Å². The highest BCUT2D eigenvalue weighted by molar-refractivity contribution is 4.98. The number of hydrogen-bond donors (Lipinski definition) is 1. The topological polar surface area (TPSA) is 56.7 Å². The van der Waals surface area contributed by atoms with Crippen molar-refractivity contribution >= 4 is 0 Å². The predicted octanol–water partition coefficient (Wildman–Crippen LogP) is 2.53. The molecule has 1 fully saturated rings. The van der Waals surface area contributed by atoms with Gasteiger partial charge in [0, 0.05) is 18.5 Å². The van der Waals surface area contributed by atoms with E-state index < -0.39 is 0 Å². The van der Waals surface area contributed by atoms with E-state index in [1.54, 1.807) is 6.33 Å². The Balaban J connectivity index is 2.03. The molecule has 0 radical (unpaired) electrons. The average Bonchev–Trinajstić information content (AvgIpc) is 2.71. The predicted molar refractivity (Wildman–Crippen MR) is 73.2 cm³/mol. The summed E-state index contributed by atoms with van der Waals surface area (Å²) in [4.78, 5) is 4.37. The molecule has 0 amide bonds. The monoisotopic (exact) mass is 250 g/mol. The van der Waals surface area contributed by atoms with Crippen molar-refractivity contribution < 1.29 is 0 Å². The Hall–Kier alpha value is -0.900. The second-order valence-electron chi connectivity index (χ2n) is 5.74. The lowest BCUT2D eigenvalue weighted by Gasteiger charge is -2.27. The van der Waals surface area contributed by atoms with Crippen molar-refractivity contribution in [3.63, 3.8) is 0 Å². The van der Waals surface area contributed by atoms with Gasteiger partial charge < -0.3 is 5.73 Å². The van der Waals surface area contributed by atoms with Gasteiger partial charge in [0.1, 0.15) is 12.2 Å². The summed E-state index contributed by atoms with van der Waals surface area (Å²) in [7, 11) is 0. The minimum atomic E-state index is -0.0656. The van der Waals surface area contributed by atoms with E-state index in [0.717, 1.165) is 37.5 Å². The van der Waals surface area contributed by atoms with Crippen molar-refractivity contribution in [3.8, 4) is 0 Å². The first-order chi connectivity index (χ1) is 8.67. The van der Waals surface area contributed by atoms with Crippen molar-refractivity contribution in [3.05, 3.63) is 12.2 Å². The first-order valence-electron chi connectivity index (χ1n) is 7.32. The molecule has 1 aromatic heterocycles. The third-order valence-electron chi connectivity index (χ3n) is 4.42. The molecule has 1 heterocycles. The zero-order valence-electron chi connectivity index (χ0n) is 11.7. The molecule has 1 aromatic rings. The Bertz CT molecular complexity index is 374. The van der Waals surface area contributed by atoms with Crippen molar-refractivity contribution in [1.29, 1.82) is 0 Å². The number of rotatable bonds is 4. The third-order valence-corrected chi connectivity index (χ3v) is 4.42. The lowest BCUT2D eigenvalue weighted by atomic mass is 9.87. The van der Waals surface area contributed by atoms with Crippen LogP contribution in [0.2, 0.25) is 0 Å². The average molecular weight is 250 g/mol. The quantitative estimate of drug-likeness (QED) is 0.835. The lowest BCUT2D eigenvalue weighted by molar-refractivity contribution is 0.346. The summed E-state index contributed by atoms with van der Waals surface area (Å²) in [5.74, 6) is 1.93. The van der Waals surface area contributed by atoms with Gasteiger partial charge in [-0.3, -0.25) is 4.68 Å². The summed E-state index contributed by atoms with van der Waals surface area (Å²) >= 11 is 0. The van der Waals surface area contributed by atoms with Gasteiger partial charge in [0.15, 0.2) is 0 Å². The standard InChI is InChI=1S/C14H26N4/c1-3-12-6-5-8-14(15,9-7-12)10-13-16-11-17-18(13)4-2/h11-12H,3-10,15H2,1-2H3. The molecule has 0 spiro atoms. The molecule has 0 bridgehead atoms. The minimum absolute atomic E-state index is 0.0656. The van der Waals surface area contributed by atoms with E-state index >= 15 is 0 Å². The van der Waals surface area contributed by atoms with E-state index in [4.69, 9.17) is 5.73 Å². The lowest BCUT2D eigenvalue weighted by Crippen LogP contribution is -2.42. The largest absolute Gasteiger partial charge is 0.325 e. The maximum absolute atomic E-state index is 6.61. The van der Waals surface area contributed by atoms with Gasteiger partial charge in [-0.25, -0.2) is 4.98 Å². The molecule has 1 aliphatic rings. The molecular formula is C14H26N4. The fourth-order valence-electron chi connectivity index (χ4n) is 3.09. The molecule has 2 atom stereocenters. The smallest absolute Gasteiger partial charge is 0.138 e. The van der Waals surface area contributed by atoms with Crippen LogP contribution in [0.15, 0.2) is 6.33 Å². The molecule has 4 nitrogen and oxygen atoms in total. The van der Waals surface area contributed by atoms with Crippen molar-refractivity contribution in [2.24, 2.45) is 11.7 Å². The summed E-state index contributed by atoms with van der Waals surface area (Å²) in [6.45, 7) is 5.27. The van der Waals surface area contributed by atoms with Gasteiger partial charge in [-0.2, -0.15) is 5.10 Å². The summed E-state index contributed by atoms with van der Waals surface area (Å²) in [6, 6.07) is 0. The van der Waals surface area contributed by atoms with E-state index in [2.05, 4.69) is 23.9 Å². The number of nitrogens with two attached hydrogens (primary N) is 1. The highest BCUT2D eigenvalue weighted by Crippen LogP contribution is 2.32. The molecule has 0 aliphatic heterocycles. The summed E-state index contributed by atoms with van der Waals surface area (Å²) < 4.78 is 1.97. The summed E-state index contributed by atoms with van der Waals surface area (Å²) in [5.41, 5.74) is 6.54. The maximum atomic E-state index is 6.61. The first-order valence-corrected chi connectivity index (χ1v) is 7.32. The molecular weight excluding hydrogens is 224 g/mol. The van der Waals surface area contributed by atoms with Gasteiger partial charge in [-0.1, -0.05) is 26.2 Å². The zero-order valence-corrected chi connectivity index (χ0v) is 11.7. The molecule has 1 aliphatic carbocycles. The Kier molecular flexibility index (Phi) is 4.38. The molecule has 2 N–H and O–H groups in total. The summed E-state index contributed by atoms with van der Waals surface area (Å²) in [5, 5.41) is 4.24. The summed E-state index contributed by atoms with van der Waals surface area (Å²) in [6.07, 6.45) is 9.94. The maximum Gasteiger partial charge on any atom is 0.138 e. The van der Waals surface area contributed by atoms with Crippen LogP contribution in [-0.2, 0) is 13.0 Å². The van der Waals surface area contributed by atoms with Crippen LogP contribution in [0.1, 0.15) is 58.2 Å². The second kappa shape index (κ2) is 5.83. The molecule has 2 rings (SSSR count). The highest BCUT2D eigenvalue weighted by atomic mass is 15.3. The molecule has 0 aromatic carbocycles. The van der Waals surface area contributed by atoms with Gasteiger partial charge in [-0.05, 0) is 32.1 Å². The first kappa shape index (κ1) is 13.5. The number of aryl methyl sites for hydroxylation is 1. The van der Waals surface area contributed by atoms with E-state index in [-0.39, 0.29) is 5.54 Å². The number of aromatic nitrogens is 3. The number of nitrogens with zero attached hydrogens (tertiary/aromatic N) is 3. The van der Waals surface area contributed by atoms with Crippen LogP contribution >= 0.6 is 0 Å². The Labute approximate surface area is 110 Å². The normalized spacial score (nSPS) is 29.2. The SMILES string of the molecule is CCC1CCCC(N)(Cc2ncnn2CC)CC1. The fourth-order valence-corrected chi connectivity index (χ4v) is 3.09. The fraction of sp³-hybridized carbons (Fsp3) is 0.857. The van der Waals surface area contributed by atoms with Gasteiger partial charge >= 0.3 is 0 Å². The van der Waals surface area contributed by atoms with Gasteiger partial charge in [0.25, 0.3) is 0 Å². The molecule has 1 saturated carbocycles. The van der Waals surface area contributed by atoms with E-state index in [0.29, 0.717) is 0 Å². The molecule has 0 saturated heterocycles. The van der Waals surface area contributed by atoms with Gasteiger partial charge in [0.2, 0.25) is 0 Å². The van der Waals surface area contributed by atoms with Crippen LogP contribution < -0.4 is 5.73 Å². The van der Waals surface area contributed by atoms with Crippen LogP contribution in [-0.4, -0.2) is 20.3 Å². The second-order valence-corrected chi connectivity index (χ2v) is 5.74. The minimum Gasteiger partial charge on any atom is -0.325 e. The van der Waals surface area contributed by atoms with Crippen molar-refractivity contribution in [2.45, 2.75) is 70.9 Å². The van der Waals surface area contributed by atoms with Crippen molar-refractivity contribution in [1.82, 2.24) is 14.8 Å². The van der Waals surface area contributed by atoms with E-state index in [1.165, 1.54) is 25.7 Å².